The fourth-order valence-electron chi connectivity index (χ4n) is 9.83. The van der Waals surface area contributed by atoms with Crippen LogP contribution in [0.3, 0.4) is 0 Å². The molecule has 0 aliphatic heterocycles. The summed E-state index contributed by atoms with van der Waals surface area (Å²) >= 11 is 0. The van der Waals surface area contributed by atoms with E-state index >= 15 is 0 Å². The molecule has 9 aromatic carbocycles. The molecule has 0 saturated heterocycles. The minimum atomic E-state index is 0.879. The van der Waals surface area contributed by atoms with Gasteiger partial charge in [-0.1, -0.05) is 127 Å². The molecule has 292 valence electrons. The van der Waals surface area contributed by atoms with Gasteiger partial charge in [0.25, 0.3) is 0 Å². The fourth-order valence-corrected chi connectivity index (χ4v) is 9.83. The van der Waals surface area contributed by atoms with E-state index in [-0.39, 0.29) is 0 Å². The molecule has 4 nitrogen and oxygen atoms in total. The van der Waals surface area contributed by atoms with Crippen LogP contribution < -0.4 is 4.90 Å². The summed E-state index contributed by atoms with van der Waals surface area (Å²) in [6.45, 7) is 0. The predicted octanol–water partition coefficient (Wildman–Crippen LogP) is 16.6. The number of aryl methyl sites for hydroxylation is 1. The summed E-state index contributed by atoms with van der Waals surface area (Å²) in [5.74, 6) is 0.985. The average Bonchev–Trinajstić information content (AvgIpc) is 4.02. The quantitative estimate of drug-likeness (QED) is 0.168. The van der Waals surface area contributed by atoms with Gasteiger partial charge in [-0.25, -0.2) is 0 Å². The first-order valence-electron chi connectivity index (χ1n) is 21.3. The lowest BCUT2D eigenvalue weighted by atomic mass is 9.91. The Morgan fingerprint density at radius 1 is 0.387 bits per heavy atom. The molecule has 0 bridgehead atoms. The second kappa shape index (κ2) is 13.7. The smallest absolute Gasteiger partial charge is 0.138 e. The van der Waals surface area contributed by atoms with Crippen molar-refractivity contribution in [3.05, 3.63) is 217 Å². The average molecular weight is 796 g/mol. The van der Waals surface area contributed by atoms with Crippen molar-refractivity contribution in [3.63, 3.8) is 0 Å². The monoisotopic (exact) mass is 795 g/mol. The summed E-state index contributed by atoms with van der Waals surface area (Å²) in [5, 5.41) is 8.05. The minimum Gasteiger partial charge on any atom is -0.456 e. The third-order valence-corrected chi connectivity index (χ3v) is 12.8. The highest BCUT2D eigenvalue weighted by atomic mass is 16.3. The van der Waals surface area contributed by atoms with Crippen molar-refractivity contribution in [3.8, 4) is 22.3 Å². The zero-order chi connectivity index (χ0) is 40.7. The van der Waals surface area contributed by atoms with Crippen molar-refractivity contribution in [2.45, 2.75) is 12.8 Å². The Bertz CT molecular complexity index is 3750. The van der Waals surface area contributed by atoms with Gasteiger partial charge < -0.3 is 18.2 Å². The number of hydrogen-bond donors (Lipinski definition) is 0. The molecule has 0 fully saturated rings. The lowest BCUT2D eigenvalue weighted by molar-refractivity contribution is 0.591. The molecule has 4 heteroatoms. The van der Waals surface area contributed by atoms with E-state index in [1.807, 2.05) is 18.2 Å². The Labute approximate surface area is 357 Å². The molecule has 1 aliphatic carbocycles. The topological polar surface area (TPSA) is 42.7 Å². The molecular formula is C58H37NO3. The van der Waals surface area contributed by atoms with Crippen molar-refractivity contribution >= 4 is 88.3 Å². The molecule has 0 amide bonds. The Balaban J connectivity index is 0.952. The van der Waals surface area contributed by atoms with Gasteiger partial charge in [0.15, 0.2) is 0 Å². The molecule has 0 N–H and O–H groups in total. The molecule has 12 aromatic rings. The van der Waals surface area contributed by atoms with E-state index in [0.29, 0.717) is 0 Å². The zero-order valence-electron chi connectivity index (χ0n) is 33.6. The van der Waals surface area contributed by atoms with Gasteiger partial charge >= 0.3 is 0 Å². The van der Waals surface area contributed by atoms with Crippen LogP contribution in [0.5, 0.6) is 0 Å². The molecule has 1 aliphatic rings. The van der Waals surface area contributed by atoms with Gasteiger partial charge in [0, 0.05) is 55.0 Å². The maximum absolute atomic E-state index is 6.51. The Morgan fingerprint density at radius 3 is 1.81 bits per heavy atom. The Hall–Kier alpha value is -8.08. The molecule has 0 spiro atoms. The minimum absolute atomic E-state index is 0.879. The van der Waals surface area contributed by atoms with Crippen LogP contribution in [0, 0.1) is 0 Å². The molecule has 0 radical (unpaired) electrons. The SMILES string of the molecule is C1=C(c2ccc(N(c3ccc(-c4cccc5oc6ccccc6c45)cc3)c3ccccc3-c3ccc4oc5cc6ccccc6cc5c4c3)cc2)c2oc3ccccc3c2CC1. The van der Waals surface area contributed by atoms with E-state index in [0.717, 1.165) is 119 Å². The van der Waals surface area contributed by atoms with Crippen LogP contribution in [-0.4, -0.2) is 0 Å². The number of hydrogen-bond acceptors (Lipinski definition) is 4. The molecule has 0 unspecified atom stereocenters. The van der Waals surface area contributed by atoms with Crippen molar-refractivity contribution in [1.82, 2.24) is 0 Å². The van der Waals surface area contributed by atoms with Crippen LogP contribution >= 0.6 is 0 Å². The first kappa shape index (κ1) is 34.8. The number of para-hydroxylation sites is 3. The third-order valence-electron chi connectivity index (χ3n) is 12.8. The Kier molecular flexibility index (Phi) is 7.70. The summed E-state index contributed by atoms with van der Waals surface area (Å²) in [6, 6.07) is 69.1. The summed E-state index contributed by atoms with van der Waals surface area (Å²) in [6.07, 6.45) is 4.29. The molecule has 3 aromatic heterocycles. The molecule has 0 saturated carbocycles. The highest BCUT2D eigenvalue weighted by molar-refractivity contribution is 6.13. The summed E-state index contributed by atoms with van der Waals surface area (Å²) < 4.78 is 19.2. The van der Waals surface area contributed by atoms with Gasteiger partial charge in [-0.2, -0.15) is 0 Å². The van der Waals surface area contributed by atoms with Crippen LogP contribution in [0.1, 0.15) is 23.3 Å². The number of benzene rings is 9. The summed E-state index contributed by atoms with van der Waals surface area (Å²) in [7, 11) is 0. The van der Waals surface area contributed by atoms with Crippen molar-refractivity contribution < 1.29 is 13.3 Å². The number of anilines is 3. The molecule has 13 rings (SSSR count). The maximum atomic E-state index is 6.51. The van der Waals surface area contributed by atoms with Crippen molar-refractivity contribution in [1.29, 1.82) is 0 Å². The molecular weight excluding hydrogens is 759 g/mol. The summed E-state index contributed by atoms with van der Waals surface area (Å²) in [5.41, 5.74) is 15.8. The number of nitrogens with zero attached hydrogens (tertiary/aromatic N) is 1. The van der Waals surface area contributed by atoms with Gasteiger partial charge in [-0.05, 0) is 119 Å². The lowest BCUT2D eigenvalue weighted by Gasteiger charge is -2.28. The van der Waals surface area contributed by atoms with E-state index in [2.05, 4.69) is 187 Å². The largest absolute Gasteiger partial charge is 0.456 e. The normalized spacial score (nSPS) is 12.8. The van der Waals surface area contributed by atoms with Gasteiger partial charge in [0.05, 0.1) is 5.69 Å². The standard InChI is InChI=1S/C58H37NO3/c1-2-12-39-35-56-50(33-38(39)11-1)49-34-40(27-32-54(49)61-56)43-13-3-6-19-51(43)59(41-28-23-36(24-29-41)44-16-10-22-55-57(44)48-15-5-8-21-53(48)60-55)42-30-25-37(26-31-42)45-17-9-18-47-46-14-4-7-20-52(46)62-58(45)47/h1-8,10-17,19-35H,9,18H2. The molecule has 62 heavy (non-hydrogen) atoms. The zero-order valence-corrected chi connectivity index (χ0v) is 33.6. The van der Waals surface area contributed by atoms with Crippen LogP contribution in [0.4, 0.5) is 17.1 Å². The second-order valence-electron chi connectivity index (χ2n) is 16.3. The molecule has 0 atom stereocenters. The van der Waals surface area contributed by atoms with E-state index in [4.69, 9.17) is 13.3 Å². The third kappa shape index (κ3) is 5.47. The highest BCUT2D eigenvalue weighted by Crippen LogP contribution is 2.45. The van der Waals surface area contributed by atoms with Crippen molar-refractivity contribution in [2.75, 3.05) is 4.90 Å². The number of allylic oxidation sites excluding steroid dienone is 1. The number of fused-ring (bicyclic) bond motifs is 10. The van der Waals surface area contributed by atoms with Gasteiger partial charge in [-0.15, -0.1) is 0 Å². The lowest BCUT2D eigenvalue weighted by Crippen LogP contribution is -2.11. The van der Waals surface area contributed by atoms with Gasteiger partial charge in [0.2, 0.25) is 0 Å². The first-order chi connectivity index (χ1) is 30.7. The van der Waals surface area contributed by atoms with E-state index in [1.54, 1.807) is 0 Å². The number of furan rings is 3. The maximum Gasteiger partial charge on any atom is 0.138 e. The fraction of sp³-hybridized carbons (Fsp3) is 0.0345. The van der Waals surface area contributed by atoms with Crippen molar-refractivity contribution in [2.24, 2.45) is 0 Å². The second-order valence-corrected chi connectivity index (χ2v) is 16.3. The van der Waals surface area contributed by atoms with Crippen LogP contribution in [0.15, 0.2) is 213 Å². The van der Waals surface area contributed by atoms with E-state index in [9.17, 15) is 0 Å². The predicted molar refractivity (Wildman–Crippen MR) is 256 cm³/mol. The van der Waals surface area contributed by atoms with Crippen LogP contribution in [0.2, 0.25) is 0 Å². The van der Waals surface area contributed by atoms with E-state index < -0.39 is 0 Å². The van der Waals surface area contributed by atoms with Crippen LogP contribution in [0.25, 0.3) is 93.4 Å². The molecule has 3 heterocycles. The Morgan fingerprint density at radius 2 is 0.984 bits per heavy atom. The first-order valence-corrected chi connectivity index (χ1v) is 21.3. The van der Waals surface area contributed by atoms with Gasteiger partial charge in [-0.3, -0.25) is 0 Å². The van der Waals surface area contributed by atoms with Crippen LogP contribution in [-0.2, 0) is 6.42 Å². The highest BCUT2D eigenvalue weighted by Gasteiger charge is 2.24. The van der Waals surface area contributed by atoms with E-state index in [1.165, 1.54) is 21.7 Å². The van der Waals surface area contributed by atoms with Gasteiger partial charge in [0.1, 0.15) is 33.7 Å². The summed E-state index contributed by atoms with van der Waals surface area (Å²) in [4.78, 5) is 2.38. The number of rotatable bonds is 6.